The van der Waals surface area contributed by atoms with Crippen LogP contribution in [0.25, 0.3) is 5.00 Å². The van der Waals surface area contributed by atoms with Crippen molar-refractivity contribution in [2.45, 2.75) is 19.3 Å². The van der Waals surface area contributed by atoms with Gasteiger partial charge in [-0.25, -0.2) is 0 Å². The maximum atomic E-state index is 12.8. The second-order valence-corrected chi connectivity index (χ2v) is 6.38. The third kappa shape index (κ3) is 2.46. The van der Waals surface area contributed by atoms with Crippen molar-refractivity contribution in [1.29, 1.82) is 0 Å². The maximum Gasteiger partial charge on any atom is 0.259 e. The molecule has 8 heteroatoms. The summed E-state index contributed by atoms with van der Waals surface area (Å²) in [5, 5.41) is 24.3. The van der Waals surface area contributed by atoms with Crippen molar-refractivity contribution in [2.75, 3.05) is 5.32 Å². The molecule has 0 saturated carbocycles. The van der Waals surface area contributed by atoms with E-state index in [2.05, 4.69) is 20.8 Å². The Kier molecular flexibility index (Phi) is 3.30. The van der Waals surface area contributed by atoms with Gasteiger partial charge in [0, 0.05) is 16.6 Å². The summed E-state index contributed by atoms with van der Waals surface area (Å²) in [4.78, 5) is 14.0. The van der Waals surface area contributed by atoms with Gasteiger partial charge in [-0.2, -0.15) is 4.68 Å². The Bertz CT molecular complexity index is 872. The molecule has 7 nitrogen and oxygen atoms in total. The molecular weight excluding hydrogens is 314 g/mol. The van der Waals surface area contributed by atoms with Gasteiger partial charge in [-0.15, -0.1) is 16.4 Å². The van der Waals surface area contributed by atoms with Gasteiger partial charge in [-0.1, -0.05) is 6.07 Å². The van der Waals surface area contributed by atoms with Crippen molar-refractivity contribution < 1.29 is 9.90 Å². The van der Waals surface area contributed by atoms with E-state index in [1.54, 1.807) is 29.5 Å². The first-order valence-electron chi connectivity index (χ1n) is 7.20. The van der Waals surface area contributed by atoms with Crippen molar-refractivity contribution in [3.8, 4) is 10.8 Å². The Labute approximate surface area is 135 Å². The van der Waals surface area contributed by atoms with Crippen LogP contribution in [0.1, 0.15) is 27.2 Å². The van der Waals surface area contributed by atoms with Crippen molar-refractivity contribution in [1.82, 2.24) is 20.2 Å². The number of aromatic nitrogens is 4. The van der Waals surface area contributed by atoms with E-state index < -0.39 is 0 Å². The average Bonchev–Trinajstić information content (AvgIpc) is 3.23. The molecule has 0 bridgehead atoms. The Morgan fingerprint density at radius 3 is 3.04 bits per heavy atom. The predicted molar refractivity (Wildman–Crippen MR) is 85.1 cm³/mol. The summed E-state index contributed by atoms with van der Waals surface area (Å²) < 4.78 is 1.53. The Hall–Kier alpha value is -2.74. The van der Waals surface area contributed by atoms with Gasteiger partial charge < -0.3 is 10.4 Å². The minimum atomic E-state index is -0.208. The predicted octanol–water partition coefficient (Wildman–Crippen LogP) is 2.17. The van der Waals surface area contributed by atoms with Crippen LogP contribution >= 0.6 is 11.3 Å². The van der Waals surface area contributed by atoms with E-state index in [4.69, 9.17) is 0 Å². The Morgan fingerprint density at radius 2 is 2.26 bits per heavy atom. The van der Waals surface area contributed by atoms with Crippen LogP contribution in [-0.2, 0) is 12.8 Å². The van der Waals surface area contributed by atoms with E-state index in [0.29, 0.717) is 11.3 Å². The maximum absolute atomic E-state index is 12.8. The van der Waals surface area contributed by atoms with E-state index in [1.807, 2.05) is 0 Å². The number of fused-ring (bicyclic) bond motifs is 1. The molecule has 0 spiro atoms. The molecule has 1 aliphatic rings. The van der Waals surface area contributed by atoms with E-state index in [9.17, 15) is 9.90 Å². The standard InChI is InChI=1S/C15H13N5O2S/c21-10-4-1-3-9(7-10)17-14(22)13-11-5-2-6-12(11)23-15(13)20-8-16-18-19-20/h1,3-4,7-8,21H,2,5-6H2,(H,17,22). The second kappa shape index (κ2) is 5.47. The molecule has 0 saturated heterocycles. The fourth-order valence-corrected chi connectivity index (χ4v) is 4.12. The number of anilines is 1. The molecule has 0 aliphatic heterocycles. The molecule has 116 valence electrons. The van der Waals surface area contributed by atoms with Crippen molar-refractivity contribution >= 4 is 22.9 Å². The molecule has 1 amide bonds. The molecule has 0 atom stereocenters. The summed E-state index contributed by atoms with van der Waals surface area (Å²) in [6.07, 6.45) is 4.42. The van der Waals surface area contributed by atoms with Crippen molar-refractivity contribution in [2.24, 2.45) is 0 Å². The Morgan fingerprint density at radius 1 is 1.35 bits per heavy atom. The van der Waals surface area contributed by atoms with Gasteiger partial charge in [0.15, 0.2) is 0 Å². The summed E-state index contributed by atoms with van der Waals surface area (Å²) in [6, 6.07) is 6.50. The number of benzene rings is 1. The number of carbonyl (C=O) groups is 1. The summed E-state index contributed by atoms with van der Waals surface area (Å²) in [5.74, 6) is -0.0976. The number of nitrogens with zero attached hydrogens (tertiary/aromatic N) is 4. The van der Waals surface area contributed by atoms with Gasteiger partial charge in [-0.3, -0.25) is 4.79 Å². The first-order valence-corrected chi connectivity index (χ1v) is 8.02. The van der Waals surface area contributed by atoms with Crippen LogP contribution < -0.4 is 5.32 Å². The van der Waals surface area contributed by atoms with E-state index >= 15 is 0 Å². The van der Waals surface area contributed by atoms with Crippen LogP contribution in [0.3, 0.4) is 0 Å². The molecule has 2 heterocycles. The molecule has 0 unspecified atom stereocenters. The third-order valence-electron chi connectivity index (χ3n) is 3.79. The number of hydrogen-bond donors (Lipinski definition) is 2. The lowest BCUT2D eigenvalue weighted by Gasteiger charge is -2.08. The molecule has 0 radical (unpaired) electrons. The third-order valence-corrected chi connectivity index (χ3v) is 5.07. The highest BCUT2D eigenvalue weighted by Crippen LogP contribution is 2.37. The number of tetrazole rings is 1. The van der Waals surface area contributed by atoms with Crippen molar-refractivity contribution in [3.63, 3.8) is 0 Å². The van der Waals surface area contributed by atoms with E-state index in [1.165, 1.54) is 22.0 Å². The minimum absolute atomic E-state index is 0.110. The SMILES string of the molecule is O=C(Nc1cccc(O)c1)c1c(-n2cnnn2)sc2c1CCC2. The molecule has 2 aromatic heterocycles. The van der Waals surface area contributed by atoms with Gasteiger partial charge in [0.2, 0.25) is 0 Å². The van der Waals surface area contributed by atoms with Crippen molar-refractivity contribution in [3.05, 3.63) is 46.6 Å². The number of carbonyl (C=O) groups excluding carboxylic acids is 1. The number of amides is 1. The van der Waals surface area contributed by atoms with Gasteiger partial charge in [0.25, 0.3) is 5.91 Å². The molecule has 23 heavy (non-hydrogen) atoms. The quantitative estimate of drug-likeness (QED) is 0.769. The van der Waals surface area contributed by atoms with Crippen LogP contribution in [0, 0.1) is 0 Å². The first-order chi connectivity index (χ1) is 11.2. The molecule has 4 rings (SSSR count). The number of aromatic hydroxyl groups is 1. The number of nitrogens with one attached hydrogen (secondary N) is 1. The van der Waals surface area contributed by atoms with Crippen LogP contribution in [0.2, 0.25) is 0 Å². The number of phenolic OH excluding ortho intramolecular Hbond substituents is 1. The lowest BCUT2D eigenvalue weighted by molar-refractivity contribution is 0.102. The summed E-state index contributed by atoms with van der Waals surface area (Å²) in [6.45, 7) is 0. The average molecular weight is 327 g/mol. The molecule has 2 N–H and O–H groups in total. The summed E-state index contributed by atoms with van der Waals surface area (Å²) in [7, 11) is 0. The number of thiophene rings is 1. The largest absolute Gasteiger partial charge is 0.508 e. The lowest BCUT2D eigenvalue weighted by Crippen LogP contribution is -2.15. The van der Waals surface area contributed by atoms with Gasteiger partial charge in [0.1, 0.15) is 17.1 Å². The normalized spacial score (nSPS) is 13.0. The van der Waals surface area contributed by atoms with Gasteiger partial charge in [0.05, 0.1) is 5.56 Å². The summed E-state index contributed by atoms with van der Waals surface area (Å²) >= 11 is 1.56. The zero-order valence-electron chi connectivity index (χ0n) is 12.1. The van der Waals surface area contributed by atoms with E-state index in [0.717, 1.165) is 29.8 Å². The minimum Gasteiger partial charge on any atom is -0.508 e. The van der Waals surface area contributed by atoms with Gasteiger partial charge in [-0.05, 0) is 47.4 Å². The zero-order valence-corrected chi connectivity index (χ0v) is 12.9. The molecular formula is C15H13N5O2S. The lowest BCUT2D eigenvalue weighted by atomic mass is 10.1. The smallest absolute Gasteiger partial charge is 0.259 e. The zero-order chi connectivity index (χ0) is 15.8. The molecule has 1 aromatic carbocycles. The van der Waals surface area contributed by atoms with Crippen LogP contribution in [0.15, 0.2) is 30.6 Å². The fourth-order valence-electron chi connectivity index (χ4n) is 2.82. The molecule has 0 fully saturated rings. The van der Waals surface area contributed by atoms with Crippen LogP contribution in [0.4, 0.5) is 5.69 Å². The monoisotopic (exact) mass is 327 g/mol. The second-order valence-electron chi connectivity index (χ2n) is 5.30. The van der Waals surface area contributed by atoms with Gasteiger partial charge >= 0.3 is 0 Å². The van der Waals surface area contributed by atoms with Crippen LogP contribution in [0.5, 0.6) is 5.75 Å². The number of hydrogen-bond acceptors (Lipinski definition) is 6. The first kappa shape index (κ1) is 13.9. The van der Waals surface area contributed by atoms with E-state index in [-0.39, 0.29) is 11.7 Å². The number of phenols is 1. The highest BCUT2D eigenvalue weighted by Gasteiger charge is 2.28. The fraction of sp³-hybridized carbons (Fsp3) is 0.200. The molecule has 1 aliphatic carbocycles. The highest BCUT2D eigenvalue weighted by molar-refractivity contribution is 7.15. The summed E-state index contributed by atoms with van der Waals surface area (Å²) in [5.41, 5.74) is 2.26. The highest BCUT2D eigenvalue weighted by atomic mass is 32.1. The topological polar surface area (TPSA) is 92.9 Å². The molecule has 3 aromatic rings. The number of rotatable bonds is 3. The van der Waals surface area contributed by atoms with Crippen LogP contribution in [-0.4, -0.2) is 31.2 Å². The Balaban J connectivity index is 1.74. The number of aryl methyl sites for hydroxylation is 1.